The highest BCUT2D eigenvalue weighted by Gasteiger charge is 2.30. The first-order chi connectivity index (χ1) is 8.88. The van der Waals surface area contributed by atoms with Gasteiger partial charge >= 0.3 is 6.18 Å². The third-order valence-corrected chi connectivity index (χ3v) is 3.34. The van der Waals surface area contributed by atoms with Gasteiger partial charge in [-0.05, 0) is 40.2 Å². The van der Waals surface area contributed by atoms with Gasteiger partial charge in [-0.1, -0.05) is 11.6 Å². The number of hydrogen-bond acceptors (Lipinski definition) is 3. The second-order valence-electron chi connectivity index (χ2n) is 3.41. The average Bonchev–Trinajstić information content (AvgIpc) is 2.35. The van der Waals surface area contributed by atoms with Crippen molar-refractivity contribution in [3.05, 3.63) is 45.8 Å². The average molecular weight is 354 g/mol. The zero-order valence-corrected chi connectivity index (χ0v) is 11.4. The number of alkyl halides is 3. The Morgan fingerprint density at radius 1 is 1.11 bits per heavy atom. The highest BCUT2D eigenvalue weighted by atomic mass is 79.9. The van der Waals surface area contributed by atoms with Crippen molar-refractivity contribution in [1.82, 2.24) is 9.97 Å². The molecule has 0 fully saturated rings. The lowest BCUT2D eigenvalue weighted by molar-refractivity contribution is -0.137. The summed E-state index contributed by atoms with van der Waals surface area (Å²) in [5.74, 6) is 0.336. The molecule has 0 N–H and O–H groups in total. The van der Waals surface area contributed by atoms with Crippen LogP contribution < -0.4 is 4.74 Å². The van der Waals surface area contributed by atoms with Crippen molar-refractivity contribution < 1.29 is 17.9 Å². The van der Waals surface area contributed by atoms with E-state index in [-0.39, 0.29) is 16.8 Å². The van der Waals surface area contributed by atoms with Crippen LogP contribution in [0.4, 0.5) is 13.2 Å². The van der Waals surface area contributed by atoms with Crippen LogP contribution in [0.3, 0.4) is 0 Å². The van der Waals surface area contributed by atoms with E-state index in [1.165, 1.54) is 18.5 Å². The molecular formula is C11H5BrClF3N2O. The van der Waals surface area contributed by atoms with Crippen molar-refractivity contribution in [3.8, 4) is 11.6 Å². The Labute approximate surface area is 119 Å². The number of ether oxygens (including phenoxy) is 1. The molecule has 0 aliphatic carbocycles. The Morgan fingerprint density at radius 3 is 2.32 bits per heavy atom. The number of hydrogen-bond donors (Lipinski definition) is 0. The monoisotopic (exact) mass is 352 g/mol. The smallest absolute Gasteiger partial charge is 0.416 e. The molecule has 2 rings (SSSR count). The molecule has 1 aromatic heterocycles. The van der Waals surface area contributed by atoms with Crippen molar-refractivity contribution >= 4 is 27.5 Å². The summed E-state index contributed by atoms with van der Waals surface area (Å²) >= 11 is 8.86. The number of aromatic nitrogens is 2. The molecule has 0 saturated heterocycles. The van der Waals surface area contributed by atoms with Crippen LogP contribution in [0, 0.1) is 0 Å². The Balaban J connectivity index is 2.23. The lowest BCUT2D eigenvalue weighted by Crippen LogP contribution is -2.04. The van der Waals surface area contributed by atoms with Crippen molar-refractivity contribution in [1.29, 1.82) is 0 Å². The molecule has 3 nitrogen and oxygen atoms in total. The van der Waals surface area contributed by atoms with Gasteiger partial charge in [0.05, 0.1) is 5.56 Å². The molecule has 0 bridgehead atoms. The summed E-state index contributed by atoms with van der Waals surface area (Å²) in [6, 6.07) is 4.24. The minimum absolute atomic E-state index is 0.125. The van der Waals surface area contributed by atoms with Gasteiger partial charge in [-0.25, -0.2) is 9.97 Å². The molecule has 8 heteroatoms. The Kier molecular flexibility index (Phi) is 3.96. The molecule has 0 atom stereocenters. The molecule has 0 aliphatic heterocycles. The minimum atomic E-state index is -4.38. The van der Waals surface area contributed by atoms with Crippen molar-refractivity contribution in [3.63, 3.8) is 0 Å². The van der Waals surface area contributed by atoms with Gasteiger partial charge in [0, 0.05) is 0 Å². The van der Waals surface area contributed by atoms with E-state index in [4.69, 9.17) is 16.3 Å². The molecule has 0 unspecified atom stereocenters. The zero-order valence-electron chi connectivity index (χ0n) is 9.08. The third-order valence-electron chi connectivity index (χ3n) is 2.11. The summed E-state index contributed by atoms with van der Waals surface area (Å²) in [6.07, 6.45) is -3.19. The van der Waals surface area contributed by atoms with Crippen molar-refractivity contribution in [2.24, 2.45) is 0 Å². The van der Waals surface area contributed by atoms with Gasteiger partial charge in [0.25, 0.3) is 0 Å². The Bertz CT molecular complexity index is 589. The van der Waals surface area contributed by atoms with Gasteiger partial charge in [-0.15, -0.1) is 0 Å². The fraction of sp³-hybridized carbons (Fsp3) is 0.0909. The van der Waals surface area contributed by atoms with E-state index < -0.39 is 11.7 Å². The maximum absolute atomic E-state index is 12.4. The van der Waals surface area contributed by atoms with Crippen LogP contribution in [-0.2, 0) is 6.18 Å². The lowest BCUT2D eigenvalue weighted by Gasteiger charge is -2.09. The number of nitrogens with zero attached hydrogens (tertiary/aromatic N) is 2. The second kappa shape index (κ2) is 5.34. The van der Waals surface area contributed by atoms with E-state index in [0.717, 1.165) is 12.1 Å². The van der Waals surface area contributed by atoms with Crippen LogP contribution in [0.2, 0.25) is 5.15 Å². The Morgan fingerprint density at radius 2 is 1.74 bits per heavy atom. The molecule has 0 aliphatic rings. The fourth-order valence-corrected chi connectivity index (χ4v) is 1.64. The van der Waals surface area contributed by atoms with Gasteiger partial charge in [-0.2, -0.15) is 13.2 Å². The molecule has 19 heavy (non-hydrogen) atoms. The third kappa shape index (κ3) is 3.36. The fourth-order valence-electron chi connectivity index (χ4n) is 1.23. The van der Waals surface area contributed by atoms with Gasteiger partial charge in [0.15, 0.2) is 5.15 Å². The predicted octanol–water partition coefficient (Wildman–Crippen LogP) is 4.70. The molecule has 1 heterocycles. The van der Waals surface area contributed by atoms with Crippen LogP contribution in [0.25, 0.3) is 0 Å². The van der Waals surface area contributed by atoms with Crippen LogP contribution in [0.5, 0.6) is 11.6 Å². The van der Waals surface area contributed by atoms with Gasteiger partial charge < -0.3 is 4.74 Å². The molecule has 0 radical (unpaired) electrons. The highest BCUT2D eigenvalue weighted by molar-refractivity contribution is 9.10. The summed E-state index contributed by atoms with van der Waals surface area (Å²) in [5.41, 5.74) is -0.750. The van der Waals surface area contributed by atoms with E-state index in [2.05, 4.69) is 25.9 Å². The second-order valence-corrected chi connectivity index (χ2v) is 4.56. The largest absolute Gasteiger partial charge is 0.438 e. The van der Waals surface area contributed by atoms with E-state index in [9.17, 15) is 13.2 Å². The highest BCUT2D eigenvalue weighted by Crippen LogP contribution is 2.33. The maximum Gasteiger partial charge on any atom is 0.416 e. The molecule has 0 saturated carbocycles. The van der Waals surface area contributed by atoms with Gasteiger partial charge in [0.2, 0.25) is 5.88 Å². The summed E-state index contributed by atoms with van der Waals surface area (Å²) in [6.45, 7) is 0. The first kappa shape index (κ1) is 14.1. The first-order valence-corrected chi connectivity index (χ1v) is 6.06. The van der Waals surface area contributed by atoms with E-state index in [1.54, 1.807) is 0 Å². The zero-order chi connectivity index (χ0) is 14.0. The first-order valence-electron chi connectivity index (χ1n) is 4.89. The number of halogens is 5. The van der Waals surface area contributed by atoms with Crippen LogP contribution in [-0.4, -0.2) is 9.97 Å². The van der Waals surface area contributed by atoms with Crippen molar-refractivity contribution in [2.75, 3.05) is 0 Å². The quantitative estimate of drug-likeness (QED) is 0.734. The van der Waals surface area contributed by atoms with Crippen LogP contribution in [0.15, 0.2) is 35.1 Å². The van der Waals surface area contributed by atoms with Crippen LogP contribution >= 0.6 is 27.5 Å². The number of rotatable bonds is 2. The SMILES string of the molecule is FC(F)(F)c1ccc(Oc2ncnc(Cl)c2Br)cc1. The molecule has 0 amide bonds. The van der Waals surface area contributed by atoms with Crippen LogP contribution in [0.1, 0.15) is 5.56 Å². The summed E-state index contributed by atoms with van der Waals surface area (Å²) in [7, 11) is 0. The summed E-state index contributed by atoms with van der Waals surface area (Å²) in [4.78, 5) is 7.52. The topological polar surface area (TPSA) is 35.0 Å². The van der Waals surface area contributed by atoms with Gasteiger partial charge in [0.1, 0.15) is 16.5 Å². The standard InChI is InChI=1S/C11H5BrClF3N2O/c12-8-9(13)17-5-18-10(8)19-7-3-1-6(2-4-7)11(14,15)16/h1-5H. The molecule has 100 valence electrons. The van der Waals surface area contributed by atoms with E-state index in [0.29, 0.717) is 4.47 Å². The molecule has 0 spiro atoms. The normalized spacial score (nSPS) is 11.4. The predicted molar refractivity (Wildman–Crippen MR) is 66.3 cm³/mol. The minimum Gasteiger partial charge on any atom is -0.438 e. The van der Waals surface area contributed by atoms with Gasteiger partial charge in [-0.3, -0.25) is 0 Å². The molecule has 1 aromatic carbocycles. The maximum atomic E-state index is 12.4. The van der Waals surface area contributed by atoms with Crippen molar-refractivity contribution in [2.45, 2.75) is 6.18 Å². The summed E-state index contributed by atoms with van der Waals surface area (Å²) < 4.78 is 42.8. The molecular weight excluding hydrogens is 348 g/mol. The lowest BCUT2D eigenvalue weighted by atomic mass is 10.2. The Hall–Kier alpha value is -1.34. The van der Waals surface area contributed by atoms with E-state index >= 15 is 0 Å². The molecule has 2 aromatic rings. The van der Waals surface area contributed by atoms with E-state index in [1.807, 2.05) is 0 Å². The summed E-state index contributed by atoms with van der Waals surface area (Å²) in [5, 5.41) is 0.150. The number of benzene rings is 1.